The Kier molecular flexibility index (Phi) is 5.63. The van der Waals surface area contributed by atoms with Crippen LogP contribution in [0.1, 0.15) is 27.2 Å². The molecule has 0 aromatic rings. The van der Waals surface area contributed by atoms with Crippen LogP contribution in [0.4, 0.5) is 0 Å². The molecule has 0 saturated carbocycles. The quantitative estimate of drug-likeness (QED) is 0.411. The van der Waals surface area contributed by atoms with Gasteiger partial charge in [-0.15, -0.1) is 12.6 Å². The van der Waals surface area contributed by atoms with Crippen molar-refractivity contribution in [1.82, 2.24) is 0 Å². The van der Waals surface area contributed by atoms with Crippen molar-refractivity contribution < 1.29 is 4.74 Å². The number of hydrogen-bond acceptors (Lipinski definition) is 2. The summed E-state index contributed by atoms with van der Waals surface area (Å²) < 4.78 is 4.96. The van der Waals surface area contributed by atoms with Crippen LogP contribution in [0.3, 0.4) is 0 Å². The minimum atomic E-state index is 0.660. The second-order valence-corrected chi connectivity index (χ2v) is 3.43. The molecule has 0 aliphatic carbocycles. The molecule has 0 aliphatic heterocycles. The van der Waals surface area contributed by atoms with E-state index >= 15 is 0 Å². The van der Waals surface area contributed by atoms with Crippen LogP contribution in [0.15, 0.2) is 34.5 Å². The molecule has 0 bridgehead atoms. The van der Waals surface area contributed by atoms with Crippen molar-refractivity contribution in [3.8, 4) is 0 Å². The highest BCUT2D eigenvalue weighted by molar-refractivity contribution is 7.84. The van der Waals surface area contributed by atoms with Gasteiger partial charge in [0.05, 0.1) is 7.11 Å². The van der Waals surface area contributed by atoms with Gasteiger partial charge in [-0.25, -0.2) is 0 Å². The predicted molar refractivity (Wildman–Crippen MR) is 61.9 cm³/mol. The molecule has 0 amide bonds. The molecule has 0 atom stereocenters. The fourth-order valence-corrected chi connectivity index (χ4v) is 1.10. The molecule has 74 valence electrons. The Morgan fingerprint density at radius 1 is 1.46 bits per heavy atom. The van der Waals surface area contributed by atoms with Crippen molar-refractivity contribution in [2.45, 2.75) is 27.2 Å². The van der Waals surface area contributed by atoms with Crippen molar-refractivity contribution in [1.29, 1.82) is 0 Å². The fraction of sp³-hybridized carbons (Fsp3) is 0.455. The van der Waals surface area contributed by atoms with Gasteiger partial charge in [-0.1, -0.05) is 19.1 Å². The Balaban J connectivity index is 4.69. The first-order chi connectivity index (χ1) is 6.02. The molecule has 0 spiro atoms. The third-order valence-electron chi connectivity index (χ3n) is 1.95. The average molecular weight is 198 g/mol. The summed E-state index contributed by atoms with van der Waals surface area (Å²) in [7, 11) is 1.61. The number of rotatable bonds is 4. The SMILES string of the molecule is C=C(/C=C(C)\C(S)=C(\C)CC)OC. The zero-order chi connectivity index (χ0) is 10.4. The van der Waals surface area contributed by atoms with Crippen LogP contribution in [0.2, 0.25) is 0 Å². The van der Waals surface area contributed by atoms with Gasteiger partial charge in [-0.3, -0.25) is 0 Å². The van der Waals surface area contributed by atoms with Crippen LogP contribution in [0.5, 0.6) is 0 Å². The highest BCUT2D eigenvalue weighted by Crippen LogP contribution is 2.21. The first-order valence-corrected chi connectivity index (χ1v) is 4.77. The van der Waals surface area contributed by atoms with Crippen LogP contribution >= 0.6 is 12.6 Å². The molecule has 0 fully saturated rings. The highest BCUT2D eigenvalue weighted by Gasteiger charge is 1.99. The molecule has 0 unspecified atom stereocenters. The Bertz CT molecular complexity index is 249. The second kappa shape index (κ2) is 5.92. The van der Waals surface area contributed by atoms with E-state index in [9.17, 15) is 0 Å². The zero-order valence-corrected chi connectivity index (χ0v) is 9.74. The number of thiol groups is 1. The summed E-state index contributed by atoms with van der Waals surface area (Å²) in [6.45, 7) is 9.92. The third kappa shape index (κ3) is 4.23. The molecule has 0 saturated heterocycles. The number of hydrogen-bond donors (Lipinski definition) is 1. The molecule has 0 rings (SSSR count). The van der Waals surface area contributed by atoms with Gasteiger partial charge in [-0.2, -0.15) is 0 Å². The van der Waals surface area contributed by atoms with E-state index in [-0.39, 0.29) is 0 Å². The lowest BCUT2D eigenvalue weighted by Crippen LogP contribution is -1.86. The van der Waals surface area contributed by atoms with Crippen LogP contribution in [-0.4, -0.2) is 7.11 Å². The monoisotopic (exact) mass is 198 g/mol. The van der Waals surface area contributed by atoms with Gasteiger partial charge in [0.25, 0.3) is 0 Å². The summed E-state index contributed by atoms with van der Waals surface area (Å²) in [5.74, 6) is 0.660. The maximum Gasteiger partial charge on any atom is 0.112 e. The van der Waals surface area contributed by atoms with Crippen molar-refractivity contribution in [3.05, 3.63) is 34.5 Å². The second-order valence-electron chi connectivity index (χ2n) is 2.98. The number of ether oxygens (including phenoxy) is 1. The Hall–Kier alpha value is -0.630. The van der Waals surface area contributed by atoms with E-state index in [4.69, 9.17) is 4.74 Å². The minimum absolute atomic E-state index is 0.660. The van der Waals surface area contributed by atoms with Crippen molar-refractivity contribution in [2.75, 3.05) is 7.11 Å². The maximum atomic E-state index is 4.96. The summed E-state index contributed by atoms with van der Waals surface area (Å²) in [5.41, 5.74) is 2.37. The van der Waals surface area contributed by atoms with Crippen molar-refractivity contribution in [2.24, 2.45) is 0 Å². The molecular weight excluding hydrogens is 180 g/mol. The van der Waals surface area contributed by atoms with E-state index in [1.54, 1.807) is 7.11 Å². The van der Waals surface area contributed by atoms with Crippen LogP contribution in [0.25, 0.3) is 0 Å². The summed E-state index contributed by atoms with van der Waals surface area (Å²) >= 11 is 4.43. The molecule has 13 heavy (non-hydrogen) atoms. The Labute approximate surface area is 86.6 Å². The standard InChI is InChI=1S/C11H18OS/c1-6-8(2)11(13)9(3)7-10(4)12-5/h7,13H,4,6H2,1-3,5H3/b9-7-,11-8+. The van der Waals surface area contributed by atoms with Crippen LogP contribution in [-0.2, 0) is 4.74 Å². The molecule has 0 heterocycles. The van der Waals surface area contributed by atoms with E-state index in [0.29, 0.717) is 5.76 Å². The van der Waals surface area contributed by atoms with E-state index in [2.05, 4.69) is 33.1 Å². The summed E-state index contributed by atoms with van der Waals surface area (Å²) in [4.78, 5) is 1.03. The lowest BCUT2D eigenvalue weighted by molar-refractivity contribution is 0.308. The van der Waals surface area contributed by atoms with Gasteiger partial charge in [0.15, 0.2) is 0 Å². The maximum absolute atomic E-state index is 4.96. The Morgan fingerprint density at radius 3 is 2.38 bits per heavy atom. The average Bonchev–Trinajstić information content (AvgIpc) is 2.14. The van der Waals surface area contributed by atoms with Crippen molar-refractivity contribution in [3.63, 3.8) is 0 Å². The van der Waals surface area contributed by atoms with Gasteiger partial charge in [0.2, 0.25) is 0 Å². The van der Waals surface area contributed by atoms with Gasteiger partial charge in [-0.05, 0) is 31.9 Å². The Morgan fingerprint density at radius 2 is 2.00 bits per heavy atom. The topological polar surface area (TPSA) is 9.23 Å². The van der Waals surface area contributed by atoms with Gasteiger partial charge >= 0.3 is 0 Å². The largest absolute Gasteiger partial charge is 0.497 e. The van der Waals surface area contributed by atoms with E-state index in [0.717, 1.165) is 16.9 Å². The summed E-state index contributed by atoms with van der Waals surface area (Å²) in [6.07, 6.45) is 2.91. The smallest absolute Gasteiger partial charge is 0.112 e. The molecule has 2 heteroatoms. The molecular formula is C11H18OS. The first kappa shape index (κ1) is 12.4. The van der Waals surface area contributed by atoms with E-state index in [1.807, 2.05) is 13.0 Å². The van der Waals surface area contributed by atoms with Gasteiger partial charge in [0.1, 0.15) is 5.76 Å². The van der Waals surface area contributed by atoms with Gasteiger partial charge in [0, 0.05) is 4.91 Å². The lowest BCUT2D eigenvalue weighted by atomic mass is 10.1. The predicted octanol–water partition coefficient (Wildman–Crippen LogP) is 3.71. The highest BCUT2D eigenvalue weighted by atomic mass is 32.1. The van der Waals surface area contributed by atoms with Crippen LogP contribution in [0, 0.1) is 0 Å². The van der Waals surface area contributed by atoms with E-state index in [1.165, 1.54) is 5.57 Å². The molecule has 0 aromatic carbocycles. The number of allylic oxidation sites excluding steroid dienone is 3. The fourth-order valence-electron chi connectivity index (χ4n) is 0.873. The van der Waals surface area contributed by atoms with Gasteiger partial charge < -0.3 is 4.74 Å². The molecule has 0 aromatic heterocycles. The third-order valence-corrected chi connectivity index (χ3v) is 2.68. The number of methoxy groups -OCH3 is 1. The molecule has 1 nitrogen and oxygen atoms in total. The minimum Gasteiger partial charge on any atom is -0.497 e. The lowest BCUT2D eigenvalue weighted by Gasteiger charge is -2.06. The normalized spacial score (nSPS) is 13.8. The zero-order valence-electron chi connectivity index (χ0n) is 8.85. The summed E-state index contributed by atoms with van der Waals surface area (Å²) in [6, 6.07) is 0. The van der Waals surface area contributed by atoms with Crippen LogP contribution < -0.4 is 0 Å². The van der Waals surface area contributed by atoms with Crippen molar-refractivity contribution >= 4 is 12.6 Å². The first-order valence-electron chi connectivity index (χ1n) is 4.33. The van der Waals surface area contributed by atoms with E-state index < -0.39 is 0 Å². The molecule has 0 aliphatic rings. The summed E-state index contributed by atoms with van der Waals surface area (Å²) in [5, 5.41) is 0. The molecule has 0 radical (unpaired) electrons. The molecule has 0 N–H and O–H groups in total.